The first-order valence-corrected chi connectivity index (χ1v) is 5.81. The van der Waals surface area contributed by atoms with Crippen LogP contribution in [0.5, 0.6) is 0 Å². The molecule has 5 nitrogen and oxygen atoms in total. The van der Waals surface area contributed by atoms with Gasteiger partial charge in [0, 0.05) is 18.6 Å². The lowest BCUT2D eigenvalue weighted by Crippen LogP contribution is -2.25. The average Bonchev–Trinajstić information content (AvgIpc) is 2.40. The van der Waals surface area contributed by atoms with Crippen LogP contribution in [-0.4, -0.2) is 36.0 Å². The van der Waals surface area contributed by atoms with Crippen molar-refractivity contribution in [2.75, 3.05) is 14.2 Å². The Hall–Kier alpha value is -2.01. The first kappa shape index (κ1) is 15.0. The fourth-order valence-electron chi connectivity index (χ4n) is 1.35. The molecular formula is C13H14ClNO4. The second kappa shape index (κ2) is 6.80. The Kier molecular flexibility index (Phi) is 5.38. The molecule has 0 saturated heterocycles. The van der Waals surface area contributed by atoms with Crippen molar-refractivity contribution in [1.82, 2.24) is 4.90 Å². The maximum absolute atomic E-state index is 11.7. The third kappa shape index (κ3) is 4.30. The SMILES string of the molecule is COC(=O)/C(O)=C/C(=O)N(C)Cc1ccccc1Cl. The van der Waals surface area contributed by atoms with Crippen molar-refractivity contribution in [3.8, 4) is 0 Å². The van der Waals surface area contributed by atoms with Gasteiger partial charge < -0.3 is 14.7 Å². The Morgan fingerprint density at radius 3 is 2.63 bits per heavy atom. The van der Waals surface area contributed by atoms with E-state index in [1.807, 2.05) is 0 Å². The van der Waals surface area contributed by atoms with Crippen LogP contribution in [0.1, 0.15) is 5.56 Å². The molecule has 0 heterocycles. The Morgan fingerprint density at radius 1 is 1.42 bits per heavy atom. The van der Waals surface area contributed by atoms with E-state index in [2.05, 4.69) is 4.74 Å². The fourth-order valence-corrected chi connectivity index (χ4v) is 1.55. The largest absolute Gasteiger partial charge is 0.502 e. The second-order valence-electron chi connectivity index (χ2n) is 3.81. The molecule has 1 N–H and O–H groups in total. The molecule has 1 rings (SSSR count). The van der Waals surface area contributed by atoms with Crippen molar-refractivity contribution in [3.63, 3.8) is 0 Å². The van der Waals surface area contributed by atoms with Gasteiger partial charge in [-0.2, -0.15) is 0 Å². The number of aliphatic hydroxyl groups is 1. The fraction of sp³-hybridized carbons (Fsp3) is 0.231. The zero-order chi connectivity index (χ0) is 14.4. The molecule has 1 aromatic rings. The predicted octanol–water partition coefficient (Wildman–Crippen LogP) is 1.91. The number of carbonyl (C=O) groups is 2. The molecule has 0 atom stereocenters. The van der Waals surface area contributed by atoms with Crippen LogP contribution < -0.4 is 0 Å². The number of halogens is 1. The summed E-state index contributed by atoms with van der Waals surface area (Å²) in [5.74, 6) is -2.22. The lowest BCUT2D eigenvalue weighted by Gasteiger charge is -2.16. The quantitative estimate of drug-likeness (QED) is 0.521. The maximum atomic E-state index is 11.7. The van der Waals surface area contributed by atoms with E-state index < -0.39 is 17.6 Å². The van der Waals surface area contributed by atoms with E-state index in [0.717, 1.165) is 18.7 Å². The number of esters is 1. The molecule has 0 aromatic heterocycles. The topological polar surface area (TPSA) is 66.8 Å². The molecule has 102 valence electrons. The Morgan fingerprint density at radius 2 is 2.05 bits per heavy atom. The molecule has 0 bridgehead atoms. The summed E-state index contributed by atoms with van der Waals surface area (Å²) in [6, 6.07) is 7.10. The number of hydrogen-bond donors (Lipinski definition) is 1. The number of carbonyl (C=O) groups excluding carboxylic acids is 2. The normalized spacial score (nSPS) is 11.0. The summed E-state index contributed by atoms with van der Waals surface area (Å²) in [5.41, 5.74) is 0.769. The van der Waals surface area contributed by atoms with Crippen molar-refractivity contribution < 1.29 is 19.4 Å². The summed E-state index contributed by atoms with van der Waals surface area (Å²) < 4.78 is 4.28. The van der Waals surface area contributed by atoms with Gasteiger partial charge in [0.2, 0.25) is 5.76 Å². The van der Waals surface area contributed by atoms with Gasteiger partial charge in [-0.3, -0.25) is 4.79 Å². The Balaban J connectivity index is 2.74. The number of amides is 1. The average molecular weight is 284 g/mol. The van der Waals surface area contributed by atoms with E-state index in [0.29, 0.717) is 5.02 Å². The van der Waals surface area contributed by atoms with Gasteiger partial charge in [0.05, 0.1) is 13.2 Å². The molecule has 19 heavy (non-hydrogen) atoms. The smallest absolute Gasteiger partial charge is 0.373 e. The molecule has 1 amide bonds. The second-order valence-corrected chi connectivity index (χ2v) is 4.21. The van der Waals surface area contributed by atoms with Crippen LogP contribution in [-0.2, 0) is 20.9 Å². The third-order valence-electron chi connectivity index (χ3n) is 2.40. The molecule has 0 unspecified atom stereocenters. The first-order chi connectivity index (χ1) is 8.95. The standard InChI is InChI=1S/C13H14ClNO4/c1-15(8-9-5-3-4-6-10(9)14)12(17)7-11(16)13(18)19-2/h3-7,16H,8H2,1-2H3/b11-7-. The van der Waals surface area contributed by atoms with Gasteiger partial charge in [0.15, 0.2) is 0 Å². The molecule has 0 fully saturated rings. The lowest BCUT2D eigenvalue weighted by atomic mass is 10.2. The summed E-state index contributed by atoms with van der Waals surface area (Å²) in [7, 11) is 2.65. The van der Waals surface area contributed by atoms with Crippen LogP contribution in [0.4, 0.5) is 0 Å². The predicted molar refractivity (Wildman–Crippen MR) is 70.7 cm³/mol. The van der Waals surface area contributed by atoms with Crippen LogP contribution in [0.3, 0.4) is 0 Å². The van der Waals surface area contributed by atoms with Gasteiger partial charge in [-0.15, -0.1) is 0 Å². The van der Waals surface area contributed by atoms with E-state index in [4.69, 9.17) is 11.6 Å². The van der Waals surface area contributed by atoms with Crippen molar-refractivity contribution in [2.45, 2.75) is 6.54 Å². The zero-order valence-electron chi connectivity index (χ0n) is 10.6. The molecule has 0 aliphatic rings. The number of rotatable bonds is 4. The van der Waals surface area contributed by atoms with Crippen LogP contribution in [0.15, 0.2) is 36.1 Å². The highest BCUT2D eigenvalue weighted by Crippen LogP contribution is 2.16. The van der Waals surface area contributed by atoms with E-state index >= 15 is 0 Å². The van der Waals surface area contributed by atoms with Crippen LogP contribution in [0.2, 0.25) is 5.02 Å². The van der Waals surface area contributed by atoms with Gasteiger partial charge in [0.1, 0.15) is 0 Å². The number of aliphatic hydroxyl groups excluding tert-OH is 1. The van der Waals surface area contributed by atoms with Crippen LogP contribution >= 0.6 is 11.6 Å². The highest BCUT2D eigenvalue weighted by molar-refractivity contribution is 6.31. The molecule has 1 aromatic carbocycles. The monoisotopic (exact) mass is 283 g/mol. The molecule has 0 radical (unpaired) electrons. The number of methoxy groups -OCH3 is 1. The summed E-state index contributed by atoms with van der Waals surface area (Å²) in [4.78, 5) is 24.0. The van der Waals surface area contributed by atoms with E-state index in [-0.39, 0.29) is 6.54 Å². The molecule has 0 saturated carbocycles. The number of benzene rings is 1. The number of hydrogen-bond acceptors (Lipinski definition) is 4. The van der Waals surface area contributed by atoms with Crippen LogP contribution in [0.25, 0.3) is 0 Å². The van der Waals surface area contributed by atoms with Gasteiger partial charge >= 0.3 is 5.97 Å². The summed E-state index contributed by atoms with van der Waals surface area (Å²) in [5, 5.41) is 9.82. The Bertz CT molecular complexity index is 513. The minimum absolute atomic E-state index is 0.267. The molecule has 0 spiro atoms. The van der Waals surface area contributed by atoms with E-state index in [9.17, 15) is 14.7 Å². The lowest BCUT2D eigenvalue weighted by molar-refractivity contribution is -0.139. The third-order valence-corrected chi connectivity index (χ3v) is 2.77. The van der Waals surface area contributed by atoms with Gasteiger partial charge in [-0.1, -0.05) is 29.8 Å². The first-order valence-electron chi connectivity index (χ1n) is 5.43. The van der Waals surface area contributed by atoms with Gasteiger partial charge in [-0.25, -0.2) is 4.79 Å². The van der Waals surface area contributed by atoms with Crippen molar-refractivity contribution in [1.29, 1.82) is 0 Å². The van der Waals surface area contributed by atoms with Gasteiger partial charge in [0.25, 0.3) is 5.91 Å². The van der Waals surface area contributed by atoms with Crippen molar-refractivity contribution in [3.05, 3.63) is 46.7 Å². The molecule has 0 aliphatic carbocycles. The summed E-state index contributed by atoms with van der Waals surface area (Å²) in [6.07, 6.45) is 0.808. The van der Waals surface area contributed by atoms with Crippen molar-refractivity contribution in [2.24, 2.45) is 0 Å². The molecule has 6 heteroatoms. The number of ether oxygens (including phenoxy) is 1. The highest BCUT2D eigenvalue weighted by atomic mass is 35.5. The minimum Gasteiger partial charge on any atom is -0.502 e. The minimum atomic E-state index is -0.959. The molecular weight excluding hydrogens is 270 g/mol. The maximum Gasteiger partial charge on any atom is 0.373 e. The van der Waals surface area contributed by atoms with Crippen molar-refractivity contribution >= 4 is 23.5 Å². The van der Waals surface area contributed by atoms with E-state index in [1.165, 1.54) is 11.9 Å². The summed E-state index contributed by atoms with van der Waals surface area (Å²) in [6.45, 7) is 0.267. The van der Waals surface area contributed by atoms with Crippen LogP contribution in [0, 0.1) is 0 Å². The molecule has 0 aliphatic heterocycles. The Labute approximate surface area is 116 Å². The van der Waals surface area contributed by atoms with Gasteiger partial charge in [-0.05, 0) is 11.6 Å². The van der Waals surface area contributed by atoms with E-state index in [1.54, 1.807) is 24.3 Å². The zero-order valence-corrected chi connectivity index (χ0v) is 11.3. The number of likely N-dealkylation sites (N-methyl/N-ethyl adjacent to an activating group) is 1. The highest BCUT2D eigenvalue weighted by Gasteiger charge is 2.13. The summed E-state index contributed by atoms with van der Waals surface area (Å²) >= 11 is 5.97. The number of nitrogens with zero attached hydrogens (tertiary/aromatic N) is 1.